The van der Waals surface area contributed by atoms with Gasteiger partial charge in [-0.1, -0.05) is 11.6 Å². The molecule has 0 bridgehead atoms. The second-order valence-electron chi connectivity index (χ2n) is 6.73. The molecule has 27 heavy (non-hydrogen) atoms. The highest BCUT2D eigenvalue weighted by molar-refractivity contribution is 6.32. The van der Waals surface area contributed by atoms with Crippen LogP contribution in [0.2, 0.25) is 5.02 Å². The molecule has 2 aliphatic heterocycles. The highest BCUT2D eigenvalue weighted by Crippen LogP contribution is 2.32. The molecule has 3 rings (SSSR count). The molecule has 7 nitrogen and oxygen atoms in total. The van der Waals surface area contributed by atoms with Crippen molar-refractivity contribution in [2.24, 2.45) is 0 Å². The summed E-state index contributed by atoms with van der Waals surface area (Å²) >= 11 is 6.16. The highest BCUT2D eigenvalue weighted by atomic mass is 35.5. The van der Waals surface area contributed by atoms with Gasteiger partial charge in [-0.05, 0) is 18.2 Å². The summed E-state index contributed by atoms with van der Waals surface area (Å²) in [5.74, 6) is -0.0797. The Morgan fingerprint density at radius 3 is 2.48 bits per heavy atom. The quantitative estimate of drug-likeness (QED) is 0.764. The lowest BCUT2D eigenvalue weighted by Gasteiger charge is -2.37. The molecule has 2 heterocycles. The Kier molecular flexibility index (Phi) is 6.24. The van der Waals surface area contributed by atoms with E-state index in [0.29, 0.717) is 62.1 Å². The monoisotopic (exact) mass is 396 g/mol. The van der Waals surface area contributed by atoms with Crippen LogP contribution in [0.3, 0.4) is 0 Å². The molecule has 0 radical (unpaired) electrons. The average Bonchev–Trinajstić information content (AvgIpc) is 3.10. The predicted octanol–water partition coefficient (Wildman–Crippen LogP) is 2.46. The summed E-state index contributed by atoms with van der Waals surface area (Å²) in [5.41, 5.74) is 0.645. The van der Waals surface area contributed by atoms with E-state index in [1.165, 1.54) is 14.0 Å². The van der Waals surface area contributed by atoms with Crippen LogP contribution in [0.15, 0.2) is 18.2 Å². The van der Waals surface area contributed by atoms with Gasteiger partial charge < -0.3 is 24.0 Å². The zero-order valence-electron chi connectivity index (χ0n) is 15.7. The minimum atomic E-state index is -0.498. The van der Waals surface area contributed by atoms with Crippen LogP contribution in [0.1, 0.15) is 26.2 Å². The van der Waals surface area contributed by atoms with Crippen molar-refractivity contribution in [1.82, 2.24) is 4.90 Å². The van der Waals surface area contributed by atoms with Crippen LogP contribution < -0.4 is 9.64 Å². The lowest BCUT2D eigenvalue weighted by Crippen LogP contribution is -2.48. The number of piperidine rings is 1. The van der Waals surface area contributed by atoms with E-state index in [4.69, 9.17) is 25.8 Å². The van der Waals surface area contributed by atoms with Gasteiger partial charge in [0.2, 0.25) is 11.8 Å². The molecular formula is C19H25ClN2O5. The number of hydrogen-bond acceptors (Lipinski definition) is 5. The smallest absolute Gasteiger partial charge is 0.224 e. The summed E-state index contributed by atoms with van der Waals surface area (Å²) in [6, 6.07) is 5.14. The SMILES string of the molecule is COc1ccc(N(CCC(=O)N2CCC3(CC2)OCCO3)C(C)=O)cc1Cl. The fourth-order valence-corrected chi connectivity index (χ4v) is 3.79. The molecule has 2 aliphatic rings. The van der Waals surface area contributed by atoms with E-state index in [9.17, 15) is 9.59 Å². The largest absolute Gasteiger partial charge is 0.495 e. The molecule has 2 fully saturated rings. The van der Waals surface area contributed by atoms with Gasteiger partial charge in [-0.3, -0.25) is 9.59 Å². The molecule has 2 amide bonds. The number of rotatable bonds is 5. The van der Waals surface area contributed by atoms with Crippen molar-refractivity contribution in [1.29, 1.82) is 0 Å². The van der Waals surface area contributed by atoms with Crippen LogP contribution in [0.4, 0.5) is 5.69 Å². The minimum absolute atomic E-state index is 0.0219. The number of hydrogen-bond donors (Lipinski definition) is 0. The number of carbonyl (C=O) groups is 2. The van der Waals surface area contributed by atoms with Gasteiger partial charge in [0, 0.05) is 51.5 Å². The standard InChI is InChI=1S/C19H25ClN2O5/c1-14(23)22(15-3-4-17(25-2)16(20)13-15)8-5-18(24)21-9-6-19(7-10-21)26-11-12-27-19/h3-4,13H,5-12H2,1-2H3. The fraction of sp³-hybridized carbons (Fsp3) is 0.579. The van der Waals surface area contributed by atoms with Gasteiger partial charge in [0.15, 0.2) is 5.79 Å². The Morgan fingerprint density at radius 2 is 1.93 bits per heavy atom. The molecule has 0 aromatic heterocycles. The number of halogens is 1. The van der Waals surface area contributed by atoms with Crippen molar-refractivity contribution < 1.29 is 23.8 Å². The van der Waals surface area contributed by atoms with Crippen LogP contribution in [-0.4, -0.2) is 62.5 Å². The summed E-state index contributed by atoms with van der Waals surface area (Å²) in [6.07, 6.45) is 1.62. The second-order valence-corrected chi connectivity index (χ2v) is 7.14. The van der Waals surface area contributed by atoms with E-state index in [1.807, 2.05) is 4.90 Å². The van der Waals surface area contributed by atoms with Gasteiger partial charge in [0.1, 0.15) is 5.75 Å². The Labute approximate surface area is 164 Å². The number of carbonyl (C=O) groups excluding carboxylic acids is 2. The van der Waals surface area contributed by atoms with E-state index in [-0.39, 0.29) is 18.2 Å². The molecule has 8 heteroatoms. The zero-order chi connectivity index (χ0) is 19.4. The minimum Gasteiger partial charge on any atom is -0.495 e. The molecule has 0 atom stereocenters. The van der Waals surface area contributed by atoms with Crippen LogP contribution in [0.5, 0.6) is 5.75 Å². The molecule has 0 aliphatic carbocycles. The zero-order valence-corrected chi connectivity index (χ0v) is 16.5. The second kappa shape index (κ2) is 8.46. The summed E-state index contributed by atoms with van der Waals surface area (Å²) in [4.78, 5) is 28.0. The maximum Gasteiger partial charge on any atom is 0.224 e. The molecule has 2 saturated heterocycles. The van der Waals surface area contributed by atoms with Gasteiger partial charge in [0.05, 0.1) is 25.3 Å². The van der Waals surface area contributed by atoms with Crippen molar-refractivity contribution >= 4 is 29.1 Å². The Hall–Kier alpha value is -1.83. The van der Waals surface area contributed by atoms with Crippen molar-refractivity contribution in [2.75, 3.05) is 44.9 Å². The molecule has 1 spiro atoms. The normalized spacial score (nSPS) is 18.6. The summed E-state index contributed by atoms with van der Waals surface area (Å²) in [5, 5.41) is 0.422. The van der Waals surface area contributed by atoms with Gasteiger partial charge in [-0.2, -0.15) is 0 Å². The lowest BCUT2D eigenvalue weighted by molar-refractivity contribution is -0.187. The predicted molar refractivity (Wildman–Crippen MR) is 101 cm³/mol. The third-order valence-corrected chi connectivity index (χ3v) is 5.36. The van der Waals surface area contributed by atoms with E-state index in [0.717, 1.165) is 0 Å². The Morgan fingerprint density at radius 1 is 1.26 bits per heavy atom. The van der Waals surface area contributed by atoms with Crippen LogP contribution in [-0.2, 0) is 19.1 Å². The van der Waals surface area contributed by atoms with E-state index in [1.54, 1.807) is 23.1 Å². The van der Waals surface area contributed by atoms with Crippen LogP contribution >= 0.6 is 11.6 Å². The van der Waals surface area contributed by atoms with Gasteiger partial charge in [-0.15, -0.1) is 0 Å². The first-order valence-corrected chi connectivity index (χ1v) is 9.49. The first kappa shape index (κ1) is 19.9. The highest BCUT2D eigenvalue weighted by Gasteiger charge is 2.40. The first-order valence-electron chi connectivity index (χ1n) is 9.11. The van der Waals surface area contributed by atoms with Gasteiger partial charge >= 0.3 is 0 Å². The molecule has 1 aromatic carbocycles. The maximum atomic E-state index is 12.6. The number of nitrogens with zero attached hydrogens (tertiary/aromatic N) is 2. The number of anilines is 1. The number of amides is 2. The van der Waals surface area contributed by atoms with E-state index < -0.39 is 5.79 Å². The van der Waals surface area contributed by atoms with Crippen molar-refractivity contribution in [3.05, 3.63) is 23.2 Å². The Bertz CT molecular complexity index is 695. The van der Waals surface area contributed by atoms with Gasteiger partial charge in [0.25, 0.3) is 0 Å². The molecule has 0 unspecified atom stereocenters. The van der Waals surface area contributed by atoms with Crippen LogP contribution in [0.25, 0.3) is 0 Å². The molecule has 0 saturated carbocycles. The van der Waals surface area contributed by atoms with Gasteiger partial charge in [-0.25, -0.2) is 0 Å². The number of methoxy groups -OCH3 is 1. The van der Waals surface area contributed by atoms with Crippen molar-refractivity contribution in [3.8, 4) is 5.75 Å². The molecule has 148 valence electrons. The third kappa shape index (κ3) is 4.54. The number of likely N-dealkylation sites (tertiary alicyclic amines) is 1. The number of benzene rings is 1. The summed E-state index contributed by atoms with van der Waals surface area (Å²) < 4.78 is 16.5. The summed E-state index contributed by atoms with van der Waals surface area (Å²) in [7, 11) is 1.53. The molecule has 0 N–H and O–H groups in total. The average molecular weight is 397 g/mol. The maximum absolute atomic E-state index is 12.6. The topological polar surface area (TPSA) is 68.3 Å². The van der Waals surface area contributed by atoms with E-state index in [2.05, 4.69) is 0 Å². The fourth-order valence-electron chi connectivity index (χ4n) is 3.54. The first-order chi connectivity index (χ1) is 12.9. The third-order valence-electron chi connectivity index (χ3n) is 5.07. The van der Waals surface area contributed by atoms with E-state index >= 15 is 0 Å². The number of ether oxygens (including phenoxy) is 3. The van der Waals surface area contributed by atoms with Crippen LogP contribution in [0, 0.1) is 0 Å². The van der Waals surface area contributed by atoms with Crippen molar-refractivity contribution in [2.45, 2.75) is 32.0 Å². The molecular weight excluding hydrogens is 372 g/mol. The summed E-state index contributed by atoms with van der Waals surface area (Å²) in [6.45, 7) is 4.21. The lowest BCUT2D eigenvalue weighted by atomic mass is 10.0. The Balaban J connectivity index is 1.57. The van der Waals surface area contributed by atoms with Crippen molar-refractivity contribution in [3.63, 3.8) is 0 Å². The molecule has 1 aromatic rings.